The molecule has 1 aliphatic rings. The molecule has 1 aliphatic carbocycles. The van der Waals surface area contributed by atoms with Crippen molar-refractivity contribution >= 4 is 11.9 Å². The van der Waals surface area contributed by atoms with Gasteiger partial charge in [-0.1, -0.05) is 90.2 Å². The molecule has 2 atom stereocenters. The highest BCUT2D eigenvalue weighted by molar-refractivity contribution is 5.87. The van der Waals surface area contributed by atoms with Crippen molar-refractivity contribution in [2.24, 2.45) is 11.3 Å². The van der Waals surface area contributed by atoms with E-state index in [1.807, 2.05) is 19.1 Å². The predicted octanol–water partition coefficient (Wildman–Crippen LogP) is 6.77. The van der Waals surface area contributed by atoms with Crippen LogP contribution >= 0.6 is 0 Å². The van der Waals surface area contributed by atoms with E-state index in [1.54, 1.807) is 0 Å². The number of ether oxygens (including phenoxy) is 2. The third-order valence-electron chi connectivity index (χ3n) is 6.01. The van der Waals surface area contributed by atoms with Crippen LogP contribution in [0.5, 0.6) is 0 Å². The summed E-state index contributed by atoms with van der Waals surface area (Å²) >= 11 is 0. The molecule has 0 aromatic carbocycles. The van der Waals surface area contributed by atoms with Crippen LogP contribution in [-0.2, 0) is 19.1 Å². The van der Waals surface area contributed by atoms with E-state index < -0.39 is 11.3 Å². The molecular formula is C25H44O4. The maximum Gasteiger partial charge on any atom is 0.316 e. The molecule has 0 heterocycles. The van der Waals surface area contributed by atoms with Gasteiger partial charge in [0.15, 0.2) is 0 Å². The van der Waals surface area contributed by atoms with Gasteiger partial charge in [0.1, 0.15) is 0 Å². The van der Waals surface area contributed by atoms with Gasteiger partial charge in [0.05, 0.1) is 24.5 Å². The van der Waals surface area contributed by atoms with Crippen molar-refractivity contribution in [3.63, 3.8) is 0 Å². The number of hydrogen-bond donors (Lipinski definition) is 0. The van der Waals surface area contributed by atoms with Crippen molar-refractivity contribution in [1.82, 2.24) is 0 Å². The molecule has 0 aromatic heterocycles. The molecule has 0 fully saturated rings. The minimum absolute atomic E-state index is 0.248. The zero-order chi connectivity index (χ0) is 21.4. The Bertz CT molecular complexity index is 485. The fourth-order valence-corrected chi connectivity index (χ4v) is 3.94. The summed E-state index contributed by atoms with van der Waals surface area (Å²) in [7, 11) is 0. The third kappa shape index (κ3) is 9.82. The number of unbranched alkanes of at least 4 members (excludes halogenated alkanes) is 10. The van der Waals surface area contributed by atoms with E-state index in [0.717, 1.165) is 32.1 Å². The van der Waals surface area contributed by atoms with Crippen LogP contribution in [-0.4, -0.2) is 25.2 Å². The van der Waals surface area contributed by atoms with Crippen LogP contribution in [0.15, 0.2) is 12.2 Å². The molecular weight excluding hydrogens is 364 g/mol. The number of rotatable bonds is 16. The largest absolute Gasteiger partial charge is 0.465 e. The molecule has 0 saturated heterocycles. The SMILES string of the molecule is CCCCCCCCOC(=O)C1CCC=CC1(C)C(=O)OCCCCCCCC. The van der Waals surface area contributed by atoms with Crippen LogP contribution in [0.3, 0.4) is 0 Å². The average Bonchev–Trinajstić information content (AvgIpc) is 2.72. The molecule has 0 aliphatic heterocycles. The molecule has 0 spiro atoms. The Hall–Kier alpha value is -1.32. The monoisotopic (exact) mass is 408 g/mol. The molecule has 0 amide bonds. The quantitative estimate of drug-likeness (QED) is 0.161. The zero-order valence-corrected chi connectivity index (χ0v) is 19.2. The fraction of sp³-hybridized carbons (Fsp3) is 0.840. The Morgan fingerprint density at radius 2 is 1.34 bits per heavy atom. The van der Waals surface area contributed by atoms with E-state index in [-0.39, 0.29) is 11.9 Å². The highest BCUT2D eigenvalue weighted by atomic mass is 16.5. The summed E-state index contributed by atoms with van der Waals surface area (Å²) in [4.78, 5) is 25.4. The summed E-state index contributed by atoms with van der Waals surface area (Å²) < 4.78 is 11.1. The van der Waals surface area contributed by atoms with Crippen molar-refractivity contribution in [3.8, 4) is 0 Å². The van der Waals surface area contributed by atoms with Crippen molar-refractivity contribution in [1.29, 1.82) is 0 Å². The smallest absolute Gasteiger partial charge is 0.316 e. The molecule has 1 rings (SSSR count). The van der Waals surface area contributed by atoms with Gasteiger partial charge in [0.2, 0.25) is 0 Å². The van der Waals surface area contributed by atoms with Gasteiger partial charge in [-0.25, -0.2) is 0 Å². The number of carbonyl (C=O) groups is 2. The second-order valence-corrected chi connectivity index (χ2v) is 8.65. The van der Waals surface area contributed by atoms with E-state index >= 15 is 0 Å². The zero-order valence-electron chi connectivity index (χ0n) is 19.2. The van der Waals surface area contributed by atoms with Gasteiger partial charge in [-0.05, 0) is 32.6 Å². The molecule has 2 unspecified atom stereocenters. The lowest BCUT2D eigenvalue weighted by atomic mass is 9.71. The number of allylic oxidation sites excluding steroid dienone is 1. The molecule has 0 aromatic rings. The minimum atomic E-state index is -0.904. The lowest BCUT2D eigenvalue weighted by Gasteiger charge is -2.34. The number of hydrogen-bond acceptors (Lipinski definition) is 4. The van der Waals surface area contributed by atoms with E-state index in [4.69, 9.17) is 9.47 Å². The van der Waals surface area contributed by atoms with E-state index in [9.17, 15) is 9.59 Å². The lowest BCUT2D eigenvalue weighted by Crippen LogP contribution is -2.42. The van der Waals surface area contributed by atoms with E-state index in [2.05, 4.69) is 13.8 Å². The van der Waals surface area contributed by atoms with Crippen molar-refractivity contribution in [3.05, 3.63) is 12.2 Å². The van der Waals surface area contributed by atoms with Gasteiger partial charge in [0, 0.05) is 0 Å². The van der Waals surface area contributed by atoms with Gasteiger partial charge in [-0.3, -0.25) is 9.59 Å². The molecule has 168 valence electrons. The maximum absolute atomic E-state index is 12.8. The van der Waals surface area contributed by atoms with Crippen LogP contribution in [0.2, 0.25) is 0 Å². The summed E-state index contributed by atoms with van der Waals surface area (Å²) in [5, 5.41) is 0. The highest BCUT2D eigenvalue weighted by Gasteiger charge is 2.46. The molecule has 4 heteroatoms. The van der Waals surface area contributed by atoms with Crippen LogP contribution in [0.1, 0.15) is 111 Å². The van der Waals surface area contributed by atoms with Crippen LogP contribution in [0, 0.1) is 11.3 Å². The van der Waals surface area contributed by atoms with E-state index in [1.165, 1.54) is 51.4 Å². The minimum Gasteiger partial charge on any atom is -0.465 e. The lowest BCUT2D eigenvalue weighted by molar-refractivity contribution is -0.166. The van der Waals surface area contributed by atoms with Gasteiger partial charge >= 0.3 is 11.9 Å². The van der Waals surface area contributed by atoms with Gasteiger partial charge in [-0.2, -0.15) is 0 Å². The van der Waals surface area contributed by atoms with E-state index in [0.29, 0.717) is 19.6 Å². The topological polar surface area (TPSA) is 52.6 Å². The third-order valence-corrected chi connectivity index (χ3v) is 6.01. The second kappa shape index (κ2) is 15.5. The van der Waals surface area contributed by atoms with Crippen LogP contribution in [0.25, 0.3) is 0 Å². The molecule has 4 nitrogen and oxygen atoms in total. The van der Waals surface area contributed by atoms with Crippen molar-refractivity contribution in [2.45, 2.75) is 111 Å². The maximum atomic E-state index is 12.8. The first-order valence-corrected chi connectivity index (χ1v) is 12.1. The van der Waals surface area contributed by atoms with Crippen LogP contribution < -0.4 is 0 Å². The molecule has 29 heavy (non-hydrogen) atoms. The van der Waals surface area contributed by atoms with Crippen molar-refractivity contribution < 1.29 is 19.1 Å². The van der Waals surface area contributed by atoms with Crippen LogP contribution in [0.4, 0.5) is 0 Å². The standard InChI is InChI=1S/C25H44O4/c1-4-6-8-10-12-16-20-28-23(26)22-18-14-15-19-25(22,3)24(27)29-21-17-13-11-9-7-5-2/h15,19,22H,4-14,16-18,20-21H2,1-3H3. The van der Waals surface area contributed by atoms with Gasteiger partial charge in [-0.15, -0.1) is 0 Å². The second-order valence-electron chi connectivity index (χ2n) is 8.65. The van der Waals surface area contributed by atoms with Gasteiger partial charge < -0.3 is 9.47 Å². The Labute approximate surface area is 178 Å². The first-order valence-electron chi connectivity index (χ1n) is 12.1. The molecule has 0 saturated carbocycles. The average molecular weight is 409 g/mol. The summed E-state index contributed by atoms with van der Waals surface area (Å²) in [5.41, 5.74) is -0.904. The predicted molar refractivity (Wildman–Crippen MR) is 119 cm³/mol. The first kappa shape index (κ1) is 25.7. The fourth-order valence-electron chi connectivity index (χ4n) is 3.94. The number of carbonyl (C=O) groups excluding carboxylic acids is 2. The molecule has 0 N–H and O–H groups in total. The summed E-state index contributed by atoms with van der Waals surface area (Å²) in [6.07, 6.45) is 19.2. The molecule has 0 radical (unpaired) electrons. The summed E-state index contributed by atoms with van der Waals surface area (Å²) in [6.45, 7) is 7.12. The van der Waals surface area contributed by atoms with Crippen molar-refractivity contribution in [2.75, 3.05) is 13.2 Å². The normalized spacial score (nSPS) is 21.1. The Balaban J connectivity index is 2.37. The Morgan fingerprint density at radius 3 is 1.93 bits per heavy atom. The highest BCUT2D eigenvalue weighted by Crippen LogP contribution is 2.38. The Kier molecular flexibility index (Phi) is 13.8. The summed E-state index contributed by atoms with van der Waals surface area (Å²) in [6, 6.07) is 0. The number of esters is 2. The molecule has 0 bridgehead atoms. The summed E-state index contributed by atoms with van der Waals surface area (Å²) in [5.74, 6) is -0.977. The first-order chi connectivity index (χ1) is 14.1. The van der Waals surface area contributed by atoms with Gasteiger partial charge in [0.25, 0.3) is 0 Å². The Morgan fingerprint density at radius 1 is 0.828 bits per heavy atom.